The number of aryl methyl sites for hydroxylation is 1. The van der Waals surface area contributed by atoms with Crippen LogP contribution >= 0.6 is 0 Å². The summed E-state index contributed by atoms with van der Waals surface area (Å²) in [5.74, 6) is 1.50. The highest BCUT2D eigenvalue weighted by Crippen LogP contribution is 2.32. The van der Waals surface area contributed by atoms with Crippen LogP contribution in [0.2, 0.25) is 0 Å². The van der Waals surface area contributed by atoms with Gasteiger partial charge in [-0.15, -0.1) is 0 Å². The number of carbonyl (C=O) groups excluding carboxylic acids is 1. The fourth-order valence-corrected chi connectivity index (χ4v) is 5.47. The maximum absolute atomic E-state index is 13.4. The van der Waals surface area contributed by atoms with Crippen LogP contribution in [0.4, 0.5) is 0 Å². The average Bonchev–Trinajstić information content (AvgIpc) is 3.35. The molecule has 1 aromatic heterocycles. The van der Waals surface area contributed by atoms with Gasteiger partial charge in [-0.05, 0) is 43.4 Å². The molecule has 1 saturated carbocycles. The van der Waals surface area contributed by atoms with Gasteiger partial charge in [0.25, 0.3) is 0 Å². The summed E-state index contributed by atoms with van der Waals surface area (Å²) < 4.78 is 6.16. The maximum atomic E-state index is 13.4. The lowest BCUT2D eigenvalue weighted by molar-refractivity contribution is -0.134. The number of hydrogen-bond donors (Lipinski definition) is 1. The quantitative estimate of drug-likeness (QED) is 0.598. The Morgan fingerprint density at radius 3 is 2.44 bits per heavy atom. The first-order chi connectivity index (χ1) is 16.5. The molecular weight excluding hydrogens is 428 g/mol. The second kappa shape index (κ2) is 9.63. The molecule has 3 aromatic rings. The first-order valence-electron chi connectivity index (χ1n) is 12.3. The molecule has 2 fully saturated rings. The highest BCUT2D eigenvalue weighted by molar-refractivity contribution is 5.86. The largest absolute Gasteiger partial charge is 0.507 e. The van der Waals surface area contributed by atoms with E-state index in [9.17, 15) is 14.7 Å². The maximum Gasteiger partial charge on any atom is 0.222 e. The van der Waals surface area contributed by atoms with Gasteiger partial charge in [-0.25, -0.2) is 0 Å². The number of phenolic OH excluding ortho intramolecular Hbond substituents is 1. The van der Waals surface area contributed by atoms with E-state index in [2.05, 4.69) is 4.90 Å². The van der Waals surface area contributed by atoms with E-state index >= 15 is 0 Å². The third kappa shape index (κ3) is 4.47. The molecule has 1 aliphatic carbocycles. The van der Waals surface area contributed by atoms with Gasteiger partial charge >= 0.3 is 0 Å². The molecule has 0 spiro atoms. The Balaban J connectivity index is 1.35. The molecule has 0 radical (unpaired) electrons. The monoisotopic (exact) mass is 460 g/mol. The lowest BCUT2D eigenvalue weighted by Gasteiger charge is -2.35. The van der Waals surface area contributed by atoms with Crippen LogP contribution in [-0.2, 0) is 11.3 Å². The second-order valence-electron chi connectivity index (χ2n) is 9.68. The van der Waals surface area contributed by atoms with Crippen molar-refractivity contribution in [1.82, 2.24) is 9.80 Å². The van der Waals surface area contributed by atoms with Crippen LogP contribution in [0.1, 0.15) is 43.4 Å². The van der Waals surface area contributed by atoms with E-state index in [4.69, 9.17) is 4.42 Å². The molecule has 1 N–H and O–H groups in total. The molecule has 34 heavy (non-hydrogen) atoms. The third-order valence-corrected chi connectivity index (χ3v) is 7.42. The van der Waals surface area contributed by atoms with Crippen molar-refractivity contribution in [2.24, 2.45) is 5.92 Å². The van der Waals surface area contributed by atoms with Crippen LogP contribution < -0.4 is 5.43 Å². The van der Waals surface area contributed by atoms with Crippen molar-refractivity contribution in [3.05, 3.63) is 64.0 Å². The molecule has 6 heteroatoms. The molecule has 1 amide bonds. The van der Waals surface area contributed by atoms with E-state index in [1.54, 1.807) is 19.1 Å². The summed E-state index contributed by atoms with van der Waals surface area (Å²) in [7, 11) is 0. The first-order valence-corrected chi connectivity index (χ1v) is 12.3. The van der Waals surface area contributed by atoms with E-state index in [-0.39, 0.29) is 17.1 Å². The van der Waals surface area contributed by atoms with E-state index < -0.39 is 0 Å². The zero-order valence-electron chi connectivity index (χ0n) is 19.8. The van der Waals surface area contributed by atoms with Crippen molar-refractivity contribution in [2.45, 2.75) is 45.6 Å². The minimum atomic E-state index is -0.0893. The molecule has 178 valence electrons. The minimum absolute atomic E-state index is 0.0893. The molecular formula is C28H32N2O4. The zero-order chi connectivity index (χ0) is 23.7. The molecule has 0 bridgehead atoms. The second-order valence-corrected chi connectivity index (χ2v) is 9.68. The predicted molar refractivity (Wildman–Crippen MR) is 133 cm³/mol. The number of amides is 1. The summed E-state index contributed by atoms with van der Waals surface area (Å²) in [6.07, 6.45) is 5.55. The number of aromatic hydroxyl groups is 1. The molecule has 0 unspecified atom stereocenters. The molecule has 6 nitrogen and oxygen atoms in total. The van der Waals surface area contributed by atoms with E-state index in [1.165, 1.54) is 25.7 Å². The van der Waals surface area contributed by atoms with Crippen LogP contribution in [0.25, 0.3) is 22.1 Å². The number of carbonyl (C=O) groups is 1. The first kappa shape index (κ1) is 22.7. The van der Waals surface area contributed by atoms with Gasteiger partial charge in [0, 0.05) is 39.1 Å². The van der Waals surface area contributed by atoms with Gasteiger partial charge in [-0.1, -0.05) is 43.2 Å². The van der Waals surface area contributed by atoms with Gasteiger partial charge in [-0.2, -0.15) is 0 Å². The van der Waals surface area contributed by atoms with Crippen molar-refractivity contribution in [3.8, 4) is 16.9 Å². The average molecular weight is 461 g/mol. The van der Waals surface area contributed by atoms with E-state index in [0.29, 0.717) is 59.8 Å². The van der Waals surface area contributed by atoms with Crippen LogP contribution in [0.5, 0.6) is 5.75 Å². The molecule has 5 rings (SSSR count). The number of phenols is 1. The van der Waals surface area contributed by atoms with Crippen molar-refractivity contribution in [3.63, 3.8) is 0 Å². The Morgan fingerprint density at radius 1 is 1.03 bits per heavy atom. The Hall–Kier alpha value is -3.12. The van der Waals surface area contributed by atoms with Crippen molar-refractivity contribution in [1.29, 1.82) is 0 Å². The Bertz CT molecular complexity index is 1240. The van der Waals surface area contributed by atoms with E-state index in [0.717, 1.165) is 18.7 Å². The van der Waals surface area contributed by atoms with Gasteiger partial charge in [0.2, 0.25) is 11.3 Å². The number of benzene rings is 2. The van der Waals surface area contributed by atoms with Crippen LogP contribution in [-0.4, -0.2) is 47.0 Å². The molecule has 2 aromatic carbocycles. The van der Waals surface area contributed by atoms with Gasteiger partial charge in [0.05, 0.1) is 16.5 Å². The fourth-order valence-electron chi connectivity index (χ4n) is 5.47. The minimum Gasteiger partial charge on any atom is -0.507 e. The number of fused-ring (bicyclic) bond motifs is 1. The molecule has 2 aliphatic rings. The Kier molecular flexibility index (Phi) is 6.42. The number of rotatable bonds is 5. The van der Waals surface area contributed by atoms with Crippen LogP contribution in [0.15, 0.2) is 51.7 Å². The molecule has 1 saturated heterocycles. The summed E-state index contributed by atoms with van der Waals surface area (Å²) in [4.78, 5) is 30.3. The molecule has 2 heterocycles. The topological polar surface area (TPSA) is 74.0 Å². The Morgan fingerprint density at radius 2 is 1.74 bits per heavy atom. The number of nitrogens with zero attached hydrogens (tertiary/aromatic N) is 2. The summed E-state index contributed by atoms with van der Waals surface area (Å²) in [5.41, 5.74) is 2.36. The summed E-state index contributed by atoms with van der Waals surface area (Å²) in [5, 5.41) is 11.1. The number of piperazine rings is 1. The standard InChI is InChI=1S/C28H32N2O4/c1-19-26(21-9-3-2-4-10-21)27(33)22-11-12-24(31)23(28(22)34-19)18-29-13-15-30(16-14-29)25(32)17-20-7-5-6-8-20/h2-4,9-12,20,31H,5-8,13-18H2,1H3. The van der Waals surface area contributed by atoms with Crippen LogP contribution in [0, 0.1) is 12.8 Å². The third-order valence-electron chi connectivity index (χ3n) is 7.42. The Labute approximate surface area is 199 Å². The van der Waals surface area contributed by atoms with Gasteiger partial charge in [0.1, 0.15) is 17.1 Å². The van der Waals surface area contributed by atoms with Crippen LogP contribution in [0.3, 0.4) is 0 Å². The normalized spacial score (nSPS) is 17.5. The van der Waals surface area contributed by atoms with Gasteiger partial charge < -0.3 is 14.4 Å². The van der Waals surface area contributed by atoms with Crippen molar-refractivity contribution >= 4 is 16.9 Å². The van der Waals surface area contributed by atoms with Gasteiger partial charge in [-0.3, -0.25) is 14.5 Å². The van der Waals surface area contributed by atoms with E-state index in [1.807, 2.05) is 35.2 Å². The highest BCUT2D eigenvalue weighted by atomic mass is 16.3. The highest BCUT2D eigenvalue weighted by Gasteiger charge is 2.26. The lowest BCUT2D eigenvalue weighted by atomic mass is 10.0. The lowest BCUT2D eigenvalue weighted by Crippen LogP contribution is -2.48. The summed E-state index contributed by atoms with van der Waals surface area (Å²) in [6.45, 7) is 5.12. The fraction of sp³-hybridized carbons (Fsp3) is 0.429. The van der Waals surface area contributed by atoms with Crippen molar-refractivity contribution < 1.29 is 14.3 Å². The summed E-state index contributed by atoms with van der Waals surface area (Å²) in [6, 6.07) is 12.8. The zero-order valence-corrected chi connectivity index (χ0v) is 19.8. The van der Waals surface area contributed by atoms with Crippen molar-refractivity contribution in [2.75, 3.05) is 26.2 Å². The summed E-state index contributed by atoms with van der Waals surface area (Å²) >= 11 is 0. The van der Waals surface area contributed by atoms with Gasteiger partial charge in [0.15, 0.2) is 0 Å². The smallest absolute Gasteiger partial charge is 0.222 e. The molecule has 0 atom stereocenters. The SMILES string of the molecule is Cc1oc2c(CN3CCN(C(=O)CC4CCCC4)CC3)c(O)ccc2c(=O)c1-c1ccccc1. The predicted octanol–water partition coefficient (Wildman–Crippen LogP) is 4.70. The number of hydrogen-bond acceptors (Lipinski definition) is 5. The molecule has 1 aliphatic heterocycles.